The van der Waals surface area contributed by atoms with Crippen LogP contribution in [0.5, 0.6) is 0 Å². The number of carbonyl (C=O) groups is 3. The van der Waals surface area contributed by atoms with E-state index in [4.69, 9.17) is 0 Å². The fraction of sp³-hybridized carbons (Fsp3) is 0.0217. The Hall–Kier alpha value is -7.05. The van der Waals surface area contributed by atoms with Crippen LogP contribution in [0.3, 0.4) is 0 Å². The minimum absolute atomic E-state index is 0. The van der Waals surface area contributed by atoms with E-state index < -0.39 is 17.9 Å². The third kappa shape index (κ3) is 7.42. The first-order chi connectivity index (χ1) is 24.7. The van der Waals surface area contributed by atoms with Gasteiger partial charge in [0.05, 0.1) is 17.9 Å². The predicted molar refractivity (Wildman–Crippen MR) is 199 cm³/mol. The van der Waals surface area contributed by atoms with E-state index in [0.29, 0.717) is 0 Å². The molecule has 0 saturated carbocycles. The van der Waals surface area contributed by atoms with Gasteiger partial charge in [-0.2, -0.15) is 0 Å². The molecule has 6 nitrogen and oxygen atoms in total. The van der Waals surface area contributed by atoms with E-state index in [-0.39, 0.29) is 24.1 Å². The van der Waals surface area contributed by atoms with Gasteiger partial charge >= 0.3 is 0 Å². The van der Waals surface area contributed by atoms with Crippen molar-refractivity contribution in [1.82, 2.24) is 0 Å². The van der Waals surface area contributed by atoms with Crippen LogP contribution in [0.1, 0.15) is 38.5 Å². The van der Waals surface area contributed by atoms with Gasteiger partial charge in [0.1, 0.15) is 0 Å². The highest BCUT2D eigenvalue weighted by atomic mass is 16.4. The Morgan fingerprint density at radius 2 is 0.385 bits per heavy atom. The van der Waals surface area contributed by atoms with Crippen molar-refractivity contribution in [1.29, 1.82) is 0 Å². The molecule has 0 N–H and O–H groups in total. The highest BCUT2D eigenvalue weighted by Gasteiger charge is 2.10. The first-order valence-electron chi connectivity index (χ1n) is 16.1. The number of carbonyl (C=O) groups excluding carboxylic acids is 3. The van der Waals surface area contributed by atoms with Gasteiger partial charge in [-0.05, 0) is 102 Å². The average molecular weight is 680 g/mol. The molecule has 0 amide bonds. The number of hydrogen-bond acceptors (Lipinski definition) is 6. The molecule has 0 aliphatic heterocycles. The smallest absolute Gasteiger partial charge is 0.0715 e. The maximum Gasteiger partial charge on any atom is 0.0715 e. The first-order valence-corrected chi connectivity index (χ1v) is 16.1. The maximum atomic E-state index is 11.2. The quantitative estimate of drug-likeness (QED) is 0.157. The fourth-order valence-corrected chi connectivity index (χ4v) is 6.09. The molecular weight excluding hydrogens is 649 g/mol. The van der Waals surface area contributed by atoms with Crippen molar-refractivity contribution in [3.05, 3.63) is 180 Å². The molecule has 7 aromatic carbocycles. The number of aromatic carboxylic acids is 3. The molecule has 7 rings (SSSR count). The lowest BCUT2D eigenvalue weighted by molar-refractivity contribution is -0.256. The Bertz CT molecular complexity index is 2090. The molecule has 0 fully saturated rings. The second kappa shape index (κ2) is 14.8. The van der Waals surface area contributed by atoms with Gasteiger partial charge in [-0.3, -0.25) is 0 Å². The SMILES string of the molecule is C.O=C([O-])c1ccc(-c2ccc(-c3cc(-c4ccc(-c5ccc(C(=O)[O-])cc5)cc4)cc(-c4ccc(-c5ccc(C(=O)[O-])cc5)cc4)c3)cc2)cc1. The Balaban J connectivity index is 0.00000464. The van der Waals surface area contributed by atoms with Crippen molar-refractivity contribution < 1.29 is 29.7 Å². The zero-order chi connectivity index (χ0) is 35.5. The zero-order valence-corrected chi connectivity index (χ0v) is 27.0. The van der Waals surface area contributed by atoms with Crippen LogP contribution in [0, 0.1) is 0 Å². The van der Waals surface area contributed by atoms with Crippen LogP contribution in [0.4, 0.5) is 0 Å². The molecule has 0 unspecified atom stereocenters. The van der Waals surface area contributed by atoms with Crippen LogP contribution in [-0.4, -0.2) is 17.9 Å². The molecule has 0 saturated heterocycles. The third-order valence-corrected chi connectivity index (χ3v) is 8.95. The average Bonchev–Trinajstić information content (AvgIpc) is 3.18. The fourth-order valence-electron chi connectivity index (χ4n) is 6.09. The Morgan fingerprint density at radius 1 is 0.250 bits per heavy atom. The predicted octanol–water partition coefficient (Wildman–Crippen LogP) is 7.42. The monoisotopic (exact) mass is 679 g/mol. The summed E-state index contributed by atoms with van der Waals surface area (Å²) in [6, 6.07) is 50.6. The van der Waals surface area contributed by atoms with E-state index >= 15 is 0 Å². The van der Waals surface area contributed by atoms with Crippen molar-refractivity contribution in [2.24, 2.45) is 0 Å². The molecule has 0 atom stereocenters. The molecule has 0 aliphatic carbocycles. The lowest BCUT2D eigenvalue weighted by Gasteiger charge is -2.13. The minimum Gasteiger partial charge on any atom is -0.545 e. The van der Waals surface area contributed by atoms with E-state index in [0.717, 1.165) is 66.8 Å². The van der Waals surface area contributed by atoms with Crippen molar-refractivity contribution in [3.63, 3.8) is 0 Å². The molecular formula is C46H31O6-3. The second-order valence-electron chi connectivity index (χ2n) is 12.1. The van der Waals surface area contributed by atoms with E-state index in [9.17, 15) is 29.7 Å². The zero-order valence-electron chi connectivity index (χ0n) is 27.0. The maximum absolute atomic E-state index is 11.2. The summed E-state index contributed by atoms with van der Waals surface area (Å²) in [4.78, 5) is 33.6. The highest BCUT2D eigenvalue weighted by molar-refractivity contribution is 5.89. The van der Waals surface area contributed by atoms with Crippen LogP contribution in [-0.2, 0) is 0 Å². The Kier molecular flexibility index (Phi) is 9.92. The van der Waals surface area contributed by atoms with Gasteiger partial charge < -0.3 is 29.7 Å². The normalized spacial score (nSPS) is 10.6. The summed E-state index contributed by atoms with van der Waals surface area (Å²) in [5.41, 5.74) is 11.9. The summed E-state index contributed by atoms with van der Waals surface area (Å²) in [6.45, 7) is 0. The van der Waals surface area contributed by atoms with E-state index in [1.54, 1.807) is 36.4 Å². The van der Waals surface area contributed by atoms with Crippen LogP contribution in [0.2, 0.25) is 0 Å². The van der Waals surface area contributed by atoms with E-state index in [2.05, 4.69) is 18.2 Å². The summed E-state index contributed by atoms with van der Waals surface area (Å²) in [6.07, 6.45) is 0. The molecule has 6 heteroatoms. The first kappa shape index (κ1) is 34.8. The summed E-state index contributed by atoms with van der Waals surface area (Å²) >= 11 is 0. The summed E-state index contributed by atoms with van der Waals surface area (Å²) in [7, 11) is 0. The standard InChI is InChI=1S/C45H30O6.CH4/c46-43(47)37-19-13-31(14-20-37)28-1-7-34(8-2-28)40-25-41(35-9-3-29(4-10-35)32-15-21-38(22-16-32)44(48)49)27-42(26-40)36-11-5-30(6-12-36)33-17-23-39(24-18-33)45(50)51;/h1-27H,(H,46,47)(H,48,49)(H,50,51);1H4/p-3. The lowest BCUT2D eigenvalue weighted by Crippen LogP contribution is -2.21. The van der Waals surface area contributed by atoms with Gasteiger partial charge in [0.2, 0.25) is 0 Å². The number of carboxylic acid groups (broad SMARTS) is 3. The minimum atomic E-state index is -1.21. The van der Waals surface area contributed by atoms with Crippen LogP contribution < -0.4 is 15.3 Å². The molecule has 52 heavy (non-hydrogen) atoms. The van der Waals surface area contributed by atoms with E-state index in [1.165, 1.54) is 36.4 Å². The molecule has 0 spiro atoms. The van der Waals surface area contributed by atoms with E-state index in [1.807, 2.05) is 72.8 Å². The molecule has 0 heterocycles. The van der Waals surface area contributed by atoms with Gasteiger partial charge in [0, 0.05) is 0 Å². The van der Waals surface area contributed by atoms with Gasteiger partial charge in [-0.1, -0.05) is 153 Å². The molecule has 0 aromatic heterocycles. The second-order valence-corrected chi connectivity index (χ2v) is 12.1. The van der Waals surface area contributed by atoms with Gasteiger partial charge in [0.25, 0.3) is 0 Å². The molecule has 254 valence electrons. The van der Waals surface area contributed by atoms with Crippen molar-refractivity contribution in [3.8, 4) is 66.8 Å². The number of benzene rings is 7. The molecule has 0 bridgehead atoms. The number of hydrogen-bond donors (Lipinski definition) is 0. The molecule has 0 radical (unpaired) electrons. The van der Waals surface area contributed by atoms with Crippen LogP contribution in [0.15, 0.2) is 164 Å². The van der Waals surface area contributed by atoms with Gasteiger partial charge in [-0.25, -0.2) is 0 Å². The lowest BCUT2D eigenvalue weighted by atomic mass is 9.91. The Labute approximate surface area is 301 Å². The highest BCUT2D eigenvalue weighted by Crippen LogP contribution is 2.35. The van der Waals surface area contributed by atoms with Crippen molar-refractivity contribution in [2.45, 2.75) is 7.43 Å². The van der Waals surface area contributed by atoms with Gasteiger partial charge in [0.15, 0.2) is 0 Å². The Morgan fingerprint density at radius 3 is 0.538 bits per heavy atom. The number of rotatable bonds is 9. The third-order valence-electron chi connectivity index (χ3n) is 8.95. The van der Waals surface area contributed by atoms with Crippen LogP contribution >= 0.6 is 0 Å². The molecule has 0 aliphatic rings. The van der Waals surface area contributed by atoms with Gasteiger partial charge in [-0.15, -0.1) is 0 Å². The van der Waals surface area contributed by atoms with Crippen molar-refractivity contribution >= 4 is 17.9 Å². The topological polar surface area (TPSA) is 120 Å². The summed E-state index contributed by atoms with van der Waals surface area (Å²) in [5.74, 6) is -3.64. The van der Waals surface area contributed by atoms with Crippen LogP contribution in [0.25, 0.3) is 66.8 Å². The van der Waals surface area contributed by atoms with Crippen molar-refractivity contribution in [2.75, 3.05) is 0 Å². The molecule has 7 aromatic rings. The summed E-state index contributed by atoms with van der Waals surface area (Å²) in [5, 5.41) is 33.6. The largest absolute Gasteiger partial charge is 0.545 e. The number of carboxylic acids is 3. The summed E-state index contributed by atoms with van der Waals surface area (Å²) < 4.78 is 0.